The third-order valence-electron chi connectivity index (χ3n) is 14.7. The van der Waals surface area contributed by atoms with Crippen LogP contribution in [0.2, 0.25) is 0 Å². The molecule has 18 heteroatoms. The second-order valence-corrected chi connectivity index (χ2v) is 20.9. The molecule has 4 atom stereocenters. The summed E-state index contributed by atoms with van der Waals surface area (Å²) in [6.45, 7) is 0. The number of pyridine rings is 4. The summed E-state index contributed by atoms with van der Waals surface area (Å²) in [5, 5.41) is 33.4. The zero-order valence-electron chi connectivity index (χ0n) is 46.5. The maximum atomic E-state index is 6.08. The van der Waals surface area contributed by atoms with E-state index in [4.69, 9.17) is 18.9 Å². The quantitative estimate of drug-likeness (QED) is 0.0995. The molecule has 4 aliphatic rings. The maximum absolute atomic E-state index is 6.08. The number of likely N-dealkylation sites (N-methyl/N-ethyl adjacent to an activating group) is 2. The van der Waals surface area contributed by atoms with Crippen molar-refractivity contribution < 1.29 is 18.9 Å². The molecule has 0 radical (unpaired) electrons. The van der Waals surface area contributed by atoms with Crippen molar-refractivity contribution in [1.82, 2.24) is 70.5 Å². The van der Waals surface area contributed by atoms with Gasteiger partial charge in [0.05, 0.1) is 22.8 Å². The molecule has 8 aromatic rings. The smallest absolute Gasteiger partial charge is 0.233 e. The molecule has 0 aromatic carbocycles. The van der Waals surface area contributed by atoms with Crippen LogP contribution in [0.3, 0.4) is 0 Å². The Bertz CT molecular complexity index is 2980. The Balaban J connectivity index is 0.000000141. The van der Waals surface area contributed by atoms with Gasteiger partial charge in [0.1, 0.15) is 47.2 Å². The Morgan fingerprint density at radius 3 is 0.901 bits per heavy atom. The number of aromatic nitrogens is 12. The molecule has 0 bridgehead atoms. The molecule has 0 aliphatic heterocycles. The van der Waals surface area contributed by atoms with Crippen molar-refractivity contribution in [3.8, 4) is 69.1 Å². The highest BCUT2D eigenvalue weighted by molar-refractivity contribution is 5.55. The first-order chi connectivity index (χ1) is 39.3. The molecule has 18 nitrogen and oxygen atoms in total. The van der Waals surface area contributed by atoms with E-state index in [0.29, 0.717) is 47.8 Å². The standard InChI is InChI=1S/C17H22N4O.C16H20N4O.C15H17N3O.C14H15N3O.CH4/c1-21(2)15-8-3-4-9-16(15)22-17-11-10-14(19-20-17)13-7-5-6-12-18-13;1-20(2)14-7-5-8-15(14)21-16-10-9-13(18-19-16)12-6-3-4-11-17-12;1-2-6-12(7-3-1)19-15-10-9-14(17-18-15)13-8-4-5-11-16-13;1-2-6-11(5-1)18-14-9-8-13(16-17-14)12-7-3-4-10-15-12;/h5-7,10-12,15-16H,3-4,8-9H2,1-2H3;3-4,6,9-11,14-15H,5,7-8H2,1-2H3;4-5,8-12H,1-3,6-7H2;3-4,7-11H,1-2,5-6H2;1H4/t15-,16-;14-,15-;;;/m01.../s1. The number of hydrogen-bond acceptors (Lipinski definition) is 18. The van der Waals surface area contributed by atoms with Gasteiger partial charge in [-0.1, -0.05) is 44.5 Å². The van der Waals surface area contributed by atoms with E-state index in [1.54, 1.807) is 24.8 Å². The Labute approximate surface area is 477 Å². The predicted molar refractivity (Wildman–Crippen MR) is 314 cm³/mol. The van der Waals surface area contributed by atoms with Crippen molar-refractivity contribution in [1.29, 1.82) is 0 Å². The molecule has 8 aromatic heterocycles. The van der Waals surface area contributed by atoms with Crippen LogP contribution in [0.1, 0.15) is 110 Å². The monoisotopic (exact) mass is 1090 g/mol. The molecule has 424 valence electrons. The molecular weight excluding hydrogens is 1020 g/mol. The number of ether oxygens (including phenoxy) is 4. The summed E-state index contributed by atoms with van der Waals surface area (Å²) in [5.41, 5.74) is 6.39. The summed E-state index contributed by atoms with van der Waals surface area (Å²) >= 11 is 0. The van der Waals surface area contributed by atoms with Crippen molar-refractivity contribution in [3.63, 3.8) is 0 Å². The van der Waals surface area contributed by atoms with E-state index in [1.165, 1.54) is 64.2 Å². The third-order valence-corrected chi connectivity index (χ3v) is 14.7. The molecule has 0 spiro atoms. The van der Waals surface area contributed by atoms with Crippen molar-refractivity contribution in [2.24, 2.45) is 0 Å². The minimum Gasteiger partial charge on any atom is -0.473 e. The van der Waals surface area contributed by atoms with Crippen molar-refractivity contribution in [2.45, 2.75) is 147 Å². The molecule has 0 amide bonds. The van der Waals surface area contributed by atoms with Gasteiger partial charge in [0.15, 0.2) is 0 Å². The van der Waals surface area contributed by atoms with Crippen LogP contribution in [-0.4, -0.2) is 135 Å². The number of rotatable bonds is 14. The van der Waals surface area contributed by atoms with Gasteiger partial charge < -0.3 is 28.7 Å². The van der Waals surface area contributed by atoms with Gasteiger partial charge in [0, 0.05) is 61.1 Å². The Kier molecular flexibility index (Phi) is 22.8. The van der Waals surface area contributed by atoms with Crippen molar-refractivity contribution >= 4 is 0 Å². The summed E-state index contributed by atoms with van der Waals surface area (Å²) in [6.07, 6.45) is 27.1. The zero-order valence-corrected chi connectivity index (χ0v) is 46.5. The first kappa shape index (κ1) is 59.2. The first-order valence-electron chi connectivity index (χ1n) is 28.3. The van der Waals surface area contributed by atoms with Crippen LogP contribution in [0, 0.1) is 0 Å². The van der Waals surface area contributed by atoms with Gasteiger partial charge in [-0.05, 0) is 191 Å². The first-order valence-corrected chi connectivity index (χ1v) is 28.3. The summed E-state index contributed by atoms with van der Waals surface area (Å²) in [6, 6.07) is 39.0. The fourth-order valence-electron chi connectivity index (χ4n) is 10.4. The van der Waals surface area contributed by atoms with E-state index in [-0.39, 0.29) is 19.6 Å². The van der Waals surface area contributed by atoms with Crippen LogP contribution >= 0.6 is 0 Å². The van der Waals surface area contributed by atoms with E-state index in [9.17, 15) is 0 Å². The van der Waals surface area contributed by atoms with Gasteiger partial charge in [0.25, 0.3) is 0 Å². The van der Waals surface area contributed by atoms with Crippen LogP contribution in [0.15, 0.2) is 146 Å². The number of hydrogen-bond donors (Lipinski definition) is 0. The largest absolute Gasteiger partial charge is 0.473 e. The van der Waals surface area contributed by atoms with Gasteiger partial charge in [-0.15, -0.1) is 40.8 Å². The number of nitrogens with zero attached hydrogens (tertiary/aromatic N) is 14. The van der Waals surface area contributed by atoms with Crippen molar-refractivity contribution in [2.75, 3.05) is 28.2 Å². The fourth-order valence-corrected chi connectivity index (χ4v) is 10.4. The molecule has 8 heterocycles. The van der Waals surface area contributed by atoms with E-state index in [0.717, 1.165) is 84.1 Å². The van der Waals surface area contributed by atoms with Gasteiger partial charge >= 0.3 is 0 Å². The molecule has 4 fully saturated rings. The molecule has 4 aliphatic carbocycles. The van der Waals surface area contributed by atoms with Crippen LogP contribution in [0.5, 0.6) is 23.5 Å². The average Bonchev–Trinajstić information content (AvgIpc) is 4.24. The topological polar surface area (TPSA) is 198 Å². The highest BCUT2D eigenvalue weighted by Gasteiger charge is 2.31. The Morgan fingerprint density at radius 2 is 0.593 bits per heavy atom. The second-order valence-electron chi connectivity index (χ2n) is 20.9. The highest BCUT2D eigenvalue weighted by atomic mass is 16.5. The summed E-state index contributed by atoms with van der Waals surface area (Å²) in [4.78, 5) is 21.5. The van der Waals surface area contributed by atoms with Gasteiger partial charge in [0.2, 0.25) is 23.5 Å². The minimum atomic E-state index is 0. The van der Waals surface area contributed by atoms with Gasteiger partial charge in [-0.25, -0.2) is 0 Å². The van der Waals surface area contributed by atoms with Crippen molar-refractivity contribution in [3.05, 3.63) is 146 Å². The van der Waals surface area contributed by atoms with Gasteiger partial charge in [-0.2, -0.15) is 0 Å². The SMILES string of the molecule is C.CN(C)[C@@H]1CCC[C@H]1Oc1ccc(-c2ccccn2)nn1.CN(C)[C@H]1CCCC[C@@H]1Oc1ccc(-c2ccccn2)nn1.c1ccc(-c2ccc(OC3CCCC3)nn2)nc1.c1ccc(-c2ccc(OC3CCCCC3)nn2)nc1. The summed E-state index contributed by atoms with van der Waals surface area (Å²) in [5.74, 6) is 2.42. The Morgan fingerprint density at radius 1 is 0.296 bits per heavy atom. The molecule has 81 heavy (non-hydrogen) atoms. The lowest BCUT2D eigenvalue weighted by Crippen LogP contribution is -2.44. The minimum absolute atomic E-state index is 0. The summed E-state index contributed by atoms with van der Waals surface area (Å²) in [7, 11) is 8.43. The van der Waals surface area contributed by atoms with Gasteiger partial charge in [-0.3, -0.25) is 19.9 Å². The molecule has 0 N–H and O–H groups in total. The molecule has 12 rings (SSSR count). The fraction of sp³-hybridized carbons (Fsp3) is 0.429. The maximum Gasteiger partial charge on any atom is 0.233 e. The van der Waals surface area contributed by atoms with E-state index in [2.05, 4.69) is 98.7 Å². The molecule has 4 saturated carbocycles. The predicted octanol–water partition coefficient (Wildman–Crippen LogP) is 11.9. The van der Waals surface area contributed by atoms with E-state index in [1.807, 2.05) is 121 Å². The average molecular weight is 1100 g/mol. The molecule has 0 unspecified atom stereocenters. The van der Waals surface area contributed by atoms with E-state index < -0.39 is 0 Å². The lowest BCUT2D eigenvalue weighted by Gasteiger charge is -2.35. The zero-order chi connectivity index (χ0) is 55.1. The molecule has 0 saturated heterocycles. The molecular formula is C63H78N14O4. The lowest BCUT2D eigenvalue weighted by molar-refractivity contribution is 0.0581. The normalized spacial score (nSPS) is 18.8. The third kappa shape index (κ3) is 18.0. The van der Waals surface area contributed by atoms with Crippen LogP contribution in [-0.2, 0) is 0 Å². The summed E-state index contributed by atoms with van der Waals surface area (Å²) < 4.78 is 23.7. The second kappa shape index (κ2) is 31.1. The van der Waals surface area contributed by atoms with Crippen LogP contribution < -0.4 is 18.9 Å². The van der Waals surface area contributed by atoms with Crippen LogP contribution in [0.4, 0.5) is 0 Å². The van der Waals surface area contributed by atoms with E-state index >= 15 is 0 Å². The van der Waals surface area contributed by atoms with Crippen LogP contribution in [0.25, 0.3) is 45.6 Å². The highest BCUT2D eigenvalue weighted by Crippen LogP contribution is 2.29. The lowest BCUT2D eigenvalue weighted by atomic mass is 9.92. The Hall–Kier alpha value is -7.96.